The molecule has 1 aliphatic rings. The van der Waals surface area contributed by atoms with Crippen molar-refractivity contribution in [2.75, 3.05) is 5.32 Å². The Bertz CT molecular complexity index is 505. The average molecular weight is 302 g/mol. The van der Waals surface area contributed by atoms with Crippen molar-refractivity contribution in [2.45, 2.75) is 44.0 Å². The number of aliphatic hydroxyl groups is 1. The second-order valence-corrected chi connectivity index (χ2v) is 5.10. The van der Waals surface area contributed by atoms with Crippen molar-refractivity contribution < 1.29 is 23.1 Å². The maximum absolute atomic E-state index is 12.8. The first-order valence-electron chi connectivity index (χ1n) is 6.80. The van der Waals surface area contributed by atoms with Gasteiger partial charge < -0.3 is 15.7 Å². The number of urea groups is 1. The van der Waals surface area contributed by atoms with Crippen molar-refractivity contribution in [3.63, 3.8) is 0 Å². The van der Waals surface area contributed by atoms with E-state index in [1.54, 1.807) is 0 Å². The monoisotopic (exact) mass is 302 g/mol. The number of carbonyl (C=O) groups excluding carboxylic acids is 1. The Hall–Kier alpha value is -1.76. The lowest BCUT2D eigenvalue weighted by atomic mass is 9.93. The van der Waals surface area contributed by atoms with E-state index in [0.29, 0.717) is 12.8 Å². The van der Waals surface area contributed by atoms with Gasteiger partial charge in [-0.15, -0.1) is 0 Å². The molecule has 1 aromatic rings. The Labute approximate surface area is 120 Å². The zero-order valence-corrected chi connectivity index (χ0v) is 11.3. The van der Waals surface area contributed by atoms with Gasteiger partial charge in [0.15, 0.2) is 0 Å². The fourth-order valence-corrected chi connectivity index (χ4v) is 2.45. The van der Waals surface area contributed by atoms with Crippen LogP contribution in [0.3, 0.4) is 0 Å². The number of hydrogen-bond donors (Lipinski definition) is 3. The molecule has 0 saturated heterocycles. The molecule has 2 rings (SSSR count). The summed E-state index contributed by atoms with van der Waals surface area (Å²) < 4.78 is 38.4. The van der Waals surface area contributed by atoms with Crippen molar-refractivity contribution in [3.8, 4) is 0 Å². The maximum Gasteiger partial charge on any atom is 0.418 e. The minimum absolute atomic E-state index is 0.298. The number of anilines is 1. The summed E-state index contributed by atoms with van der Waals surface area (Å²) >= 11 is 0. The van der Waals surface area contributed by atoms with Crippen LogP contribution >= 0.6 is 0 Å². The van der Waals surface area contributed by atoms with Crippen LogP contribution in [-0.4, -0.2) is 23.3 Å². The number of benzene rings is 1. The van der Waals surface area contributed by atoms with Gasteiger partial charge in [0.05, 0.1) is 23.4 Å². The Balaban J connectivity index is 2.03. The Morgan fingerprint density at radius 3 is 2.52 bits per heavy atom. The molecule has 0 spiro atoms. The summed E-state index contributed by atoms with van der Waals surface area (Å²) in [6.45, 7) is 0. The van der Waals surface area contributed by atoms with E-state index in [-0.39, 0.29) is 5.69 Å². The summed E-state index contributed by atoms with van der Waals surface area (Å²) in [5.41, 5.74) is -1.20. The van der Waals surface area contributed by atoms with E-state index in [9.17, 15) is 23.1 Å². The third kappa shape index (κ3) is 4.10. The van der Waals surface area contributed by atoms with Gasteiger partial charge in [0.1, 0.15) is 0 Å². The Morgan fingerprint density at radius 1 is 1.19 bits per heavy atom. The molecule has 21 heavy (non-hydrogen) atoms. The van der Waals surface area contributed by atoms with Gasteiger partial charge in [-0.2, -0.15) is 13.2 Å². The highest BCUT2D eigenvalue weighted by molar-refractivity contribution is 5.90. The molecular weight excluding hydrogens is 285 g/mol. The third-order valence-electron chi connectivity index (χ3n) is 3.53. The molecule has 0 aliphatic heterocycles. The third-order valence-corrected chi connectivity index (χ3v) is 3.53. The van der Waals surface area contributed by atoms with Gasteiger partial charge in [0.25, 0.3) is 0 Å². The molecule has 0 aromatic heterocycles. The maximum atomic E-state index is 12.8. The van der Waals surface area contributed by atoms with Crippen LogP contribution in [0.5, 0.6) is 0 Å². The van der Waals surface area contributed by atoms with E-state index in [0.717, 1.165) is 18.9 Å². The first-order chi connectivity index (χ1) is 9.88. The van der Waals surface area contributed by atoms with Crippen LogP contribution < -0.4 is 10.6 Å². The molecule has 0 radical (unpaired) electrons. The van der Waals surface area contributed by atoms with E-state index >= 15 is 0 Å². The molecule has 0 heterocycles. The summed E-state index contributed by atoms with van der Waals surface area (Å²) in [4.78, 5) is 11.8. The van der Waals surface area contributed by atoms with Gasteiger partial charge in [-0.1, -0.05) is 25.0 Å². The summed E-state index contributed by atoms with van der Waals surface area (Å²) in [5.74, 6) is 0. The largest absolute Gasteiger partial charge is 0.418 e. The van der Waals surface area contributed by atoms with Crippen molar-refractivity contribution >= 4 is 11.7 Å². The van der Waals surface area contributed by atoms with Crippen LogP contribution in [-0.2, 0) is 6.18 Å². The molecule has 1 saturated carbocycles. The van der Waals surface area contributed by atoms with E-state index < -0.39 is 29.9 Å². The number of alkyl halides is 3. The number of hydrogen-bond acceptors (Lipinski definition) is 2. The molecule has 1 aromatic carbocycles. The topological polar surface area (TPSA) is 61.4 Å². The van der Waals surface area contributed by atoms with Crippen LogP contribution in [0.1, 0.15) is 31.2 Å². The first kappa shape index (κ1) is 15.6. The molecule has 4 nitrogen and oxygen atoms in total. The van der Waals surface area contributed by atoms with Gasteiger partial charge in [-0.25, -0.2) is 4.79 Å². The smallest absolute Gasteiger partial charge is 0.391 e. The lowest BCUT2D eigenvalue weighted by molar-refractivity contribution is -0.136. The summed E-state index contributed by atoms with van der Waals surface area (Å²) in [5, 5.41) is 14.5. The van der Waals surface area contributed by atoms with Gasteiger partial charge in [-0.3, -0.25) is 0 Å². The van der Waals surface area contributed by atoms with Gasteiger partial charge in [-0.05, 0) is 25.0 Å². The highest BCUT2D eigenvalue weighted by atomic mass is 19.4. The molecule has 0 bridgehead atoms. The number of halogens is 3. The van der Waals surface area contributed by atoms with Crippen LogP contribution in [0.4, 0.5) is 23.7 Å². The number of nitrogens with one attached hydrogen (secondary N) is 2. The minimum Gasteiger partial charge on any atom is -0.391 e. The first-order valence-corrected chi connectivity index (χ1v) is 6.80. The Morgan fingerprint density at radius 2 is 1.86 bits per heavy atom. The number of amides is 2. The number of para-hydroxylation sites is 1. The molecule has 7 heteroatoms. The second kappa shape index (κ2) is 6.34. The predicted octanol–water partition coefficient (Wildman–Crippen LogP) is 3.13. The number of carbonyl (C=O) groups is 1. The molecule has 116 valence electrons. The van der Waals surface area contributed by atoms with Gasteiger partial charge >= 0.3 is 12.2 Å². The second-order valence-electron chi connectivity index (χ2n) is 5.10. The fraction of sp³-hybridized carbons (Fsp3) is 0.500. The lowest BCUT2D eigenvalue weighted by Gasteiger charge is -2.28. The molecule has 1 aliphatic carbocycles. The van der Waals surface area contributed by atoms with E-state index in [4.69, 9.17) is 0 Å². The highest BCUT2D eigenvalue weighted by Crippen LogP contribution is 2.34. The molecule has 2 atom stereocenters. The molecule has 2 amide bonds. The zero-order chi connectivity index (χ0) is 15.5. The molecule has 0 unspecified atom stereocenters. The van der Waals surface area contributed by atoms with Crippen molar-refractivity contribution in [1.29, 1.82) is 0 Å². The SMILES string of the molecule is O=C(Nc1ccccc1C(F)(F)F)N[C@@H]1CCCC[C@H]1O. The van der Waals surface area contributed by atoms with E-state index in [2.05, 4.69) is 10.6 Å². The van der Waals surface area contributed by atoms with Crippen LogP contribution in [0, 0.1) is 0 Å². The summed E-state index contributed by atoms with van der Waals surface area (Å²) in [6.07, 6.45) is -2.21. The van der Waals surface area contributed by atoms with Crippen LogP contribution in [0.15, 0.2) is 24.3 Å². The predicted molar refractivity (Wildman–Crippen MR) is 71.9 cm³/mol. The minimum atomic E-state index is -4.53. The fourth-order valence-electron chi connectivity index (χ4n) is 2.45. The number of rotatable bonds is 2. The molecular formula is C14H17F3N2O2. The van der Waals surface area contributed by atoms with E-state index in [1.807, 2.05) is 0 Å². The normalized spacial score (nSPS) is 22.7. The standard InChI is InChI=1S/C14H17F3N2O2/c15-14(16,17)9-5-1-2-6-10(9)18-13(21)19-11-7-3-4-8-12(11)20/h1-2,5-6,11-12,20H,3-4,7-8H2,(H2,18,19,21)/t11-,12-/m1/s1. The van der Waals surface area contributed by atoms with Crippen LogP contribution in [0.25, 0.3) is 0 Å². The number of aliphatic hydroxyl groups excluding tert-OH is 1. The van der Waals surface area contributed by atoms with E-state index in [1.165, 1.54) is 18.2 Å². The van der Waals surface area contributed by atoms with Gasteiger partial charge in [0, 0.05) is 0 Å². The quantitative estimate of drug-likeness (QED) is 0.786. The summed E-state index contributed by atoms with van der Waals surface area (Å²) in [6, 6.07) is 3.62. The zero-order valence-electron chi connectivity index (χ0n) is 11.3. The lowest BCUT2D eigenvalue weighted by Crippen LogP contribution is -2.46. The Kier molecular flexibility index (Phi) is 4.72. The summed E-state index contributed by atoms with van der Waals surface area (Å²) in [7, 11) is 0. The molecule has 3 N–H and O–H groups in total. The van der Waals surface area contributed by atoms with Crippen molar-refractivity contribution in [3.05, 3.63) is 29.8 Å². The average Bonchev–Trinajstić information content (AvgIpc) is 2.41. The highest BCUT2D eigenvalue weighted by Gasteiger charge is 2.34. The van der Waals surface area contributed by atoms with Crippen molar-refractivity contribution in [2.24, 2.45) is 0 Å². The molecule has 1 fully saturated rings. The van der Waals surface area contributed by atoms with Crippen molar-refractivity contribution in [1.82, 2.24) is 5.32 Å². The van der Waals surface area contributed by atoms with Gasteiger partial charge in [0.2, 0.25) is 0 Å². The van der Waals surface area contributed by atoms with Crippen LogP contribution in [0.2, 0.25) is 0 Å².